The lowest BCUT2D eigenvalue weighted by Crippen LogP contribution is -2.38. The number of hydrogen-bond acceptors (Lipinski definition) is 2. The third-order valence-electron chi connectivity index (χ3n) is 2.69. The second-order valence-corrected chi connectivity index (χ2v) is 4.58. The molecular formula is C13H18F3NO. The summed E-state index contributed by atoms with van der Waals surface area (Å²) in [6.07, 6.45) is -6.87. The molecule has 0 amide bonds. The summed E-state index contributed by atoms with van der Waals surface area (Å²) in [7, 11) is 0. The summed E-state index contributed by atoms with van der Waals surface area (Å²) < 4.78 is 36.1. The van der Waals surface area contributed by atoms with Gasteiger partial charge in [-0.2, -0.15) is 13.2 Å². The van der Waals surface area contributed by atoms with Crippen LogP contribution in [0.4, 0.5) is 13.2 Å². The summed E-state index contributed by atoms with van der Waals surface area (Å²) in [5.41, 5.74) is 2.09. The van der Waals surface area contributed by atoms with E-state index in [1.807, 2.05) is 24.3 Å². The molecule has 2 nitrogen and oxygen atoms in total. The van der Waals surface area contributed by atoms with E-state index in [1.165, 1.54) is 5.56 Å². The molecule has 5 heteroatoms. The Labute approximate surface area is 105 Å². The quantitative estimate of drug-likeness (QED) is 0.854. The maximum absolute atomic E-state index is 12.0. The number of benzene rings is 1. The van der Waals surface area contributed by atoms with E-state index < -0.39 is 18.8 Å². The van der Waals surface area contributed by atoms with E-state index in [9.17, 15) is 13.2 Å². The van der Waals surface area contributed by atoms with Crippen molar-refractivity contribution >= 4 is 0 Å². The van der Waals surface area contributed by atoms with Crippen molar-refractivity contribution in [3.05, 3.63) is 35.4 Å². The first-order chi connectivity index (χ1) is 8.30. The molecular weight excluding hydrogens is 243 g/mol. The molecule has 0 saturated carbocycles. The summed E-state index contributed by atoms with van der Waals surface area (Å²) in [5.74, 6) is 0.430. The van der Waals surface area contributed by atoms with Crippen molar-refractivity contribution in [1.29, 1.82) is 0 Å². The molecule has 0 bridgehead atoms. The van der Waals surface area contributed by atoms with Gasteiger partial charge in [-0.3, -0.25) is 0 Å². The van der Waals surface area contributed by atoms with Gasteiger partial charge in [-0.15, -0.1) is 0 Å². The maximum atomic E-state index is 12.0. The van der Waals surface area contributed by atoms with Crippen molar-refractivity contribution < 1.29 is 18.3 Å². The second-order valence-electron chi connectivity index (χ2n) is 4.58. The first kappa shape index (κ1) is 15.0. The van der Waals surface area contributed by atoms with Crippen LogP contribution < -0.4 is 5.32 Å². The Kier molecular flexibility index (Phi) is 5.16. The van der Waals surface area contributed by atoms with Crippen LogP contribution in [0.25, 0.3) is 0 Å². The van der Waals surface area contributed by atoms with Crippen LogP contribution >= 0.6 is 0 Å². The summed E-state index contributed by atoms with van der Waals surface area (Å²) in [5, 5.41) is 11.4. The van der Waals surface area contributed by atoms with Gasteiger partial charge in [0.15, 0.2) is 6.10 Å². The minimum absolute atomic E-state index is 0.311. The lowest BCUT2D eigenvalue weighted by molar-refractivity contribution is -0.201. The number of aliphatic hydroxyl groups excluding tert-OH is 1. The molecule has 0 spiro atoms. The van der Waals surface area contributed by atoms with Crippen molar-refractivity contribution in [2.45, 2.75) is 38.6 Å². The smallest absolute Gasteiger partial charge is 0.382 e. The van der Waals surface area contributed by atoms with Gasteiger partial charge in [0.25, 0.3) is 0 Å². The van der Waals surface area contributed by atoms with Crippen molar-refractivity contribution in [3.8, 4) is 0 Å². The predicted molar refractivity (Wildman–Crippen MR) is 64.3 cm³/mol. The van der Waals surface area contributed by atoms with Crippen LogP contribution in [0.15, 0.2) is 24.3 Å². The lowest BCUT2D eigenvalue weighted by atomic mass is 10.0. The second kappa shape index (κ2) is 6.20. The number of aliphatic hydroxyl groups is 1. The van der Waals surface area contributed by atoms with Crippen LogP contribution in [-0.2, 0) is 6.54 Å². The molecule has 0 heterocycles. The van der Waals surface area contributed by atoms with E-state index in [1.54, 1.807) is 0 Å². The van der Waals surface area contributed by atoms with Gasteiger partial charge in [0.2, 0.25) is 0 Å². The standard InChI is InChI=1S/C13H18F3NO/c1-9(2)11-5-3-10(4-6-11)7-17-8-12(18)13(14,15)16/h3-6,9,12,17-18H,7-8H2,1-2H3. The Bertz CT molecular complexity index is 359. The Morgan fingerprint density at radius 2 is 1.72 bits per heavy atom. The fraction of sp³-hybridized carbons (Fsp3) is 0.538. The molecule has 0 radical (unpaired) electrons. The third-order valence-corrected chi connectivity index (χ3v) is 2.69. The van der Waals surface area contributed by atoms with Gasteiger partial charge in [0, 0.05) is 13.1 Å². The fourth-order valence-corrected chi connectivity index (χ4v) is 1.49. The highest BCUT2D eigenvalue weighted by atomic mass is 19.4. The first-order valence-electron chi connectivity index (χ1n) is 5.85. The summed E-state index contributed by atoms with van der Waals surface area (Å²) in [4.78, 5) is 0. The number of nitrogens with one attached hydrogen (secondary N) is 1. The molecule has 102 valence electrons. The molecule has 1 aromatic carbocycles. The Balaban J connectivity index is 2.40. The molecule has 1 rings (SSSR count). The topological polar surface area (TPSA) is 32.3 Å². The third kappa shape index (κ3) is 4.66. The highest BCUT2D eigenvalue weighted by Crippen LogP contribution is 2.19. The summed E-state index contributed by atoms with van der Waals surface area (Å²) in [6.45, 7) is 3.97. The molecule has 2 N–H and O–H groups in total. The maximum Gasteiger partial charge on any atom is 0.415 e. The molecule has 0 aliphatic heterocycles. The number of alkyl halides is 3. The minimum Gasteiger partial charge on any atom is -0.382 e. The Hall–Kier alpha value is -1.07. The normalized spacial score (nSPS) is 13.9. The Morgan fingerprint density at radius 3 is 2.17 bits per heavy atom. The number of halogens is 3. The van der Waals surface area contributed by atoms with Gasteiger partial charge in [-0.25, -0.2) is 0 Å². The molecule has 0 fully saturated rings. The average molecular weight is 261 g/mol. The van der Waals surface area contributed by atoms with Crippen molar-refractivity contribution in [3.63, 3.8) is 0 Å². The van der Waals surface area contributed by atoms with E-state index in [-0.39, 0.29) is 0 Å². The monoisotopic (exact) mass is 261 g/mol. The first-order valence-corrected chi connectivity index (χ1v) is 5.85. The van der Waals surface area contributed by atoms with Crippen LogP contribution in [0, 0.1) is 0 Å². The van der Waals surface area contributed by atoms with Crippen LogP contribution in [0.2, 0.25) is 0 Å². The molecule has 0 aliphatic carbocycles. The predicted octanol–water partition coefficient (Wildman–Crippen LogP) is 2.82. The molecule has 1 unspecified atom stereocenters. The van der Waals surface area contributed by atoms with Crippen LogP contribution in [-0.4, -0.2) is 23.9 Å². The number of hydrogen-bond donors (Lipinski definition) is 2. The van der Waals surface area contributed by atoms with Gasteiger partial charge in [0.1, 0.15) is 0 Å². The molecule has 0 aliphatic rings. The molecule has 0 aromatic heterocycles. The van der Waals surface area contributed by atoms with Crippen molar-refractivity contribution in [2.24, 2.45) is 0 Å². The highest BCUT2D eigenvalue weighted by molar-refractivity contribution is 5.24. The van der Waals surface area contributed by atoms with Crippen LogP contribution in [0.3, 0.4) is 0 Å². The van der Waals surface area contributed by atoms with Gasteiger partial charge in [-0.05, 0) is 17.0 Å². The molecule has 18 heavy (non-hydrogen) atoms. The van der Waals surface area contributed by atoms with E-state index >= 15 is 0 Å². The lowest BCUT2D eigenvalue weighted by Gasteiger charge is -2.15. The van der Waals surface area contributed by atoms with E-state index in [0.29, 0.717) is 12.5 Å². The van der Waals surface area contributed by atoms with E-state index in [2.05, 4.69) is 19.2 Å². The van der Waals surface area contributed by atoms with Gasteiger partial charge < -0.3 is 10.4 Å². The van der Waals surface area contributed by atoms with E-state index in [4.69, 9.17) is 5.11 Å². The SMILES string of the molecule is CC(C)c1ccc(CNCC(O)C(F)(F)F)cc1. The largest absolute Gasteiger partial charge is 0.415 e. The molecule has 1 aromatic rings. The summed E-state index contributed by atoms with van der Waals surface area (Å²) in [6, 6.07) is 7.67. The zero-order chi connectivity index (χ0) is 13.8. The van der Waals surface area contributed by atoms with Crippen molar-refractivity contribution in [2.75, 3.05) is 6.54 Å². The highest BCUT2D eigenvalue weighted by Gasteiger charge is 2.37. The van der Waals surface area contributed by atoms with E-state index in [0.717, 1.165) is 5.56 Å². The zero-order valence-electron chi connectivity index (χ0n) is 10.5. The number of rotatable bonds is 5. The Morgan fingerprint density at radius 1 is 1.17 bits per heavy atom. The van der Waals surface area contributed by atoms with Crippen LogP contribution in [0.1, 0.15) is 30.9 Å². The minimum atomic E-state index is -4.56. The van der Waals surface area contributed by atoms with Crippen LogP contribution in [0.5, 0.6) is 0 Å². The fourth-order valence-electron chi connectivity index (χ4n) is 1.49. The molecule has 1 atom stereocenters. The van der Waals surface area contributed by atoms with Crippen molar-refractivity contribution in [1.82, 2.24) is 5.32 Å². The van der Waals surface area contributed by atoms with Gasteiger partial charge in [0.05, 0.1) is 0 Å². The van der Waals surface area contributed by atoms with Gasteiger partial charge in [-0.1, -0.05) is 38.1 Å². The average Bonchev–Trinajstić information content (AvgIpc) is 2.28. The van der Waals surface area contributed by atoms with Gasteiger partial charge >= 0.3 is 6.18 Å². The summed E-state index contributed by atoms with van der Waals surface area (Å²) >= 11 is 0. The molecule has 0 saturated heterocycles. The zero-order valence-corrected chi connectivity index (χ0v) is 10.5.